The van der Waals surface area contributed by atoms with Crippen LogP contribution in [0, 0.1) is 0 Å². The number of ether oxygens (including phenoxy) is 1. The summed E-state index contributed by atoms with van der Waals surface area (Å²) in [5.41, 5.74) is 1.21. The summed E-state index contributed by atoms with van der Waals surface area (Å²) in [6.45, 7) is 0. The molecule has 0 aliphatic carbocycles. The van der Waals surface area contributed by atoms with Gasteiger partial charge < -0.3 is 4.74 Å². The Bertz CT molecular complexity index is 334. The molecule has 0 atom stereocenters. The first-order valence-corrected chi connectivity index (χ1v) is 6.72. The van der Waals surface area contributed by atoms with Gasteiger partial charge in [0.05, 0.1) is 7.11 Å². The van der Waals surface area contributed by atoms with E-state index in [9.17, 15) is 0 Å². The second kappa shape index (κ2) is 7.07. The molecule has 0 aromatic heterocycles. The highest BCUT2D eigenvalue weighted by molar-refractivity contribution is 9.10. The second-order valence-corrected chi connectivity index (χ2v) is 4.82. The number of benzene rings is 1. The summed E-state index contributed by atoms with van der Waals surface area (Å²) in [4.78, 5) is 0. The van der Waals surface area contributed by atoms with Crippen LogP contribution < -0.4 is 4.74 Å². The van der Waals surface area contributed by atoms with Crippen molar-refractivity contribution in [1.29, 1.82) is 0 Å². The Morgan fingerprint density at radius 2 is 2.13 bits per heavy atom. The predicted molar refractivity (Wildman–Crippen MR) is 71.9 cm³/mol. The highest BCUT2D eigenvalue weighted by Crippen LogP contribution is 2.23. The van der Waals surface area contributed by atoms with E-state index >= 15 is 0 Å². The lowest BCUT2D eigenvalue weighted by molar-refractivity contribution is 0.410. The molecule has 0 spiro atoms. The summed E-state index contributed by atoms with van der Waals surface area (Å²) in [7, 11) is 1.70. The molecule has 0 radical (unpaired) electrons. The molecule has 0 N–H and O–H groups in total. The second-order valence-electron chi connectivity index (χ2n) is 3.11. The van der Waals surface area contributed by atoms with Crippen molar-refractivity contribution in [1.82, 2.24) is 0 Å². The molecule has 1 aromatic rings. The molecule has 0 unspecified atom stereocenters. The maximum absolute atomic E-state index is 5.29. The predicted octanol–water partition coefficient (Wildman–Crippen LogP) is 4.34. The van der Waals surface area contributed by atoms with Crippen LogP contribution in [0.5, 0.6) is 5.75 Å². The molecule has 1 nitrogen and oxygen atoms in total. The number of allylic oxidation sites excluding steroid dienone is 2. The molecule has 0 aliphatic rings. The molecule has 0 saturated heterocycles. The number of methoxy groups -OCH3 is 1. The van der Waals surface area contributed by atoms with Gasteiger partial charge in [-0.15, -0.1) is 0 Å². The smallest absolute Gasteiger partial charge is 0.122 e. The van der Waals surface area contributed by atoms with Crippen LogP contribution in [0.4, 0.5) is 0 Å². The van der Waals surface area contributed by atoms with Gasteiger partial charge in [-0.2, -0.15) is 0 Å². The van der Waals surface area contributed by atoms with E-state index in [1.54, 1.807) is 7.11 Å². The molecule has 3 heteroatoms. The quantitative estimate of drug-likeness (QED) is 0.575. The third-order valence-electron chi connectivity index (χ3n) is 2.02. The molecule has 0 fully saturated rings. The number of hydrogen-bond acceptors (Lipinski definition) is 1. The van der Waals surface area contributed by atoms with E-state index in [-0.39, 0.29) is 0 Å². The summed E-state index contributed by atoms with van der Waals surface area (Å²) < 4.78 is 6.38. The van der Waals surface area contributed by atoms with Crippen LogP contribution in [0.2, 0.25) is 0 Å². The van der Waals surface area contributed by atoms with Crippen LogP contribution in [-0.4, -0.2) is 12.4 Å². The molecule has 1 rings (SSSR count). The molecule has 0 bridgehead atoms. The van der Waals surface area contributed by atoms with Gasteiger partial charge in [-0.1, -0.05) is 44.0 Å². The molecule has 0 saturated carbocycles. The highest BCUT2D eigenvalue weighted by atomic mass is 79.9. The Balaban J connectivity index is 2.69. The van der Waals surface area contributed by atoms with Crippen LogP contribution in [-0.2, 0) is 6.42 Å². The first-order valence-electron chi connectivity index (χ1n) is 4.81. The van der Waals surface area contributed by atoms with Gasteiger partial charge >= 0.3 is 0 Å². The van der Waals surface area contributed by atoms with Gasteiger partial charge in [0.25, 0.3) is 0 Å². The van der Waals surface area contributed by atoms with Crippen LogP contribution in [0.15, 0.2) is 34.8 Å². The lowest BCUT2D eigenvalue weighted by atomic mass is 10.1. The minimum atomic E-state index is 0.912. The normalized spacial score (nSPS) is 10.9. The van der Waals surface area contributed by atoms with Gasteiger partial charge in [0.15, 0.2) is 0 Å². The number of alkyl halides is 1. The van der Waals surface area contributed by atoms with Gasteiger partial charge in [-0.3, -0.25) is 0 Å². The third-order valence-corrected chi connectivity index (χ3v) is 2.97. The van der Waals surface area contributed by atoms with Gasteiger partial charge in [-0.25, -0.2) is 0 Å². The zero-order valence-corrected chi connectivity index (χ0v) is 11.8. The minimum absolute atomic E-state index is 0.912. The fourth-order valence-electron chi connectivity index (χ4n) is 1.30. The van der Waals surface area contributed by atoms with E-state index in [2.05, 4.69) is 50.1 Å². The van der Waals surface area contributed by atoms with Gasteiger partial charge in [0, 0.05) is 9.80 Å². The first kappa shape index (κ1) is 12.8. The van der Waals surface area contributed by atoms with Crippen molar-refractivity contribution in [3.63, 3.8) is 0 Å². The summed E-state index contributed by atoms with van der Waals surface area (Å²) >= 11 is 6.85. The SMILES string of the molecule is COc1ccc(Br)cc1CC=CCCBr. The van der Waals surface area contributed by atoms with Gasteiger partial charge in [-0.05, 0) is 36.6 Å². The van der Waals surface area contributed by atoms with Crippen molar-refractivity contribution in [2.45, 2.75) is 12.8 Å². The van der Waals surface area contributed by atoms with E-state index in [0.29, 0.717) is 0 Å². The molecule has 82 valence electrons. The molecule has 0 aliphatic heterocycles. The van der Waals surface area contributed by atoms with Crippen molar-refractivity contribution in [3.05, 3.63) is 40.4 Å². The van der Waals surface area contributed by atoms with Crippen molar-refractivity contribution in [2.24, 2.45) is 0 Å². The van der Waals surface area contributed by atoms with Crippen LogP contribution in [0.3, 0.4) is 0 Å². The summed E-state index contributed by atoms with van der Waals surface area (Å²) in [6.07, 6.45) is 6.33. The Morgan fingerprint density at radius 1 is 1.33 bits per heavy atom. The van der Waals surface area contributed by atoms with E-state index in [4.69, 9.17) is 4.74 Å². The van der Waals surface area contributed by atoms with Gasteiger partial charge in [0.2, 0.25) is 0 Å². The molecule has 0 heterocycles. The Labute approximate surface area is 108 Å². The summed E-state index contributed by atoms with van der Waals surface area (Å²) in [5, 5.41) is 1.01. The maximum atomic E-state index is 5.29. The number of rotatable bonds is 5. The Hall–Kier alpha value is -0.280. The van der Waals surface area contributed by atoms with Crippen molar-refractivity contribution >= 4 is 31.9 Å². The summed E-state index contributed by atoms with van der Waals surface area (Å²) in [5.74, 6) is 0.946. The van der Waals surface area contributed by atoms with E-state index in [1.165, 1.54) is 5.56 Å². The average Bonchev–Trinajstić information content (AvgIpc) is 2.25. The van der Waals surface area contributed by atoms with E-state index in [0.717, 1.165) is 28.4 Å². The minimum Gasteiger partial charge on any atom is -0.496 e. The van der Waals surface area contributed by atoms with Gasteiger partial charge in [0.1, 0.15) is 5.75 Å². The van der Waals surface area contributed by atoms with Crippen molar-refractivity contribution < 1.29 is 4.74 Å². The lowest BCUT2D eigenvalue weighted by Crippen LogP contribution is -1.90. The van der Waals surface area contributed by atoms with E-state index < -0.39 is 0 Å². The molecular weight excluding hydrogens is 320 g/mol. The van der Waals surface area contributed by atoms with Crippen molar-refractivity contribution in [3.8, 4) is 5.75 Å². The molecule has 1 aromatic carbocycles. The van der Waals surface area contributed by atoms with Crippen LogP contribution >= 0.6 is 31.9 Å². The number of halogens is 2. The first-order chi connectivity index (χ1) is 7.27. The van der Waals surface area contributed by atoms with Crippen LogP contribution in [0.25, 0.3) is 0 Å². The molecule has 0 amide bonds. The maximum Gasteiger partial charge on any atom is 0.122 e. The largest absolute Gasteiger partial charge is 0.496 e. The third kappa shape index (κ3) is 4.39. The van der Waals surface area contributed by atoms with E-state index in [1.807, 2.05) is 12.1 Å². The fraction of sp³-hybridized carbons (Fsp3) is 0.333. The average molecular weight is 334 g/mol. The van der Waals surface area contributed by atoms with Crippen LogP contribution in [0.1, 0.15) is 12.0 Å². The Morgan fingerprint density at radius 3 is 2.80 bits per heavy atom. The zero-order chi connectivity index (χ0) is 11.1. The summed E-state index contributed by atoms with van der Waals surface area (Å²) in [6, 6.07) is 6.07. The lowest BCUT2D eigenvalue weighted by Gasteiger charge is -2.06. The number of hydrogen-bond donors (Lipinski definition) is 0. The topological polar surface area (TPSA) is 9.23 Å². The molecule has 15 heavy (non-hydrogen) atoms. The van der Waals surface area contributed by atoms with Crippen molar-refractivity contribution in [2.75, 3.05) is 12.4 Å². The zero-order valence-electron chi connectivity index (χ0n) is 8.67. The highest BCUT2D eigenvalue weighted by Gasteiger charge is 2.01. The molecular formula is C12H14Br2O. The standard InChI is InChI=1S/C12H14Br2O/c1-15-12-7-6-11(14)9-10(12)5-3-2-4-8-13/h2-3,6-7,9H,4-5,8H2,1H3. The Kier molecular flexibility index (Phi) is 6.03. The fourth-order valence-corrected chi connectivity index (χ4v) is 1.97. The monoisotopic (exact) mass is 332 g/mol.